The second-order valence-corrected chi connectivity index (χ2v) is 5.87. The molecule has 2 N–H and O–H groups in total. The van der Waals surface area contributed by atoms with Crippen LogP contribution in [0.15, 0.2) is 42.5 Å². The monoisotopic (exact) mass is 352 g/mol. The molecule has 0 saturated carbocycles. The molecule has 2 aromatic rings. The second kappa shape index (κ2) is 8.09. The lowest BCUT2D eigenvalue weighted by Crippen LogP contribution is -2.36. The topological polar surface area (TPSA) is 50.4 Å². The van der Waals surface area contributed by atoms with E-state index < -0.39 is 0 Å². The number of hydrogen-bond donors (Lipinski definition) is 2. The quantitative estimate of drug-likeness (QED) is 0.828. The lowest BCUT2D eigenvalue weighted by molar-refractivity contribution is 0.237. The van der Waals surface area contributed by atoms with Crippen LogP contribution in [0.25, 0.3) is 0 Å². The number of carbonyl (C=O) groups excluding carboxylic acids is 1. The van der Waals surface area contributed by atoms with Crippen LogP contribution in [-0.4, -0.2) is 13.1 Å². The number of hydrogen-bond acceptors (Lipinski definition) is 2. The third kappa shape index (κ3) is 4.78. The Morgan fingerprint density at radius 1 is 1.22 bits per heavy atom. The second-order valence-electron chi connectivity index (χ2n) is 5.03. The number of methoxy groups -OCH3 is 1. The molecule has 0 saturated heterocycles. The summed E-state index contributed by atoms with van der Waals surface area (Å²) in [6.45, 7) is 2.23. The normalized spacial score (nSPS) is 11.7. The van der Waals surface area contributed by atoms with Crippen molar-refractivity contribution in [3.63, 3.8) is 0 Å². The maximum Gasteiger partial charge on any atom is 0.315 e. The Bertz CT molecular complexity index is 692. The highest BCUT2D eigenvalue weighted by Gasteiger charge is 2.13. The summed E-state index contributed by atoms with van der Waals surface area (Å²) in [6, 6.07) is 12.2. The van der Waals surface area contributed by atoms with Crippen LogP contribution in [0.1, 0.15) is 24.1 Å². The largest absolute Gasteiger partial charge is 0.496 e. The van der Waals surface area contributed by atoms with Crippen LogP contribution in [0.4, 0.5) is 4.79 Å². The Morgan fingerprint density at radius 2 is 1.96 bits per heavy atom. The molecule has 2 aromatic carbocycles. The highest BCUT2D eigenvalue weighted by atomic mass is 35.5. The Hall–Kier alpha value is -1.91. The molecule has 0 spiro atoms. The molecule has 2 amide bonds. The number of amides is 2. The zero-order chi connectivity index (χ0) is 16.8. The molecule has 0 fully saturated rings. The summed E-state index contributed by atoms with van der Waals surface area (Å²) in [4.78, 5) is 12.0. The van der Waals surface area contributed by atoms with Crippen LogP contribution < -0.4 is 15.4 Å². The summed E-state index contributed by atoms with van der Waals surface area (Å²) in [5.41, 5.74) is 1.71. The van der Waals surface area contributed by atoms with E-state index in [1.165, 1.54) is 0 Å². The molecular weight excluding hydrogens is 335 g/mol. The van der Waals surface area contributed by atoms with E-state index >= 15 is 0 Å². The van der Waals surface area contributed by atoms with E-state index in [1.54, 1.807) is 25.3 Å². The number of benzene rings is 2. The van der Waals surface area contributed by atoms with Gasteiger partial charge in [-0.2, -0.15) is 0 Å². The van der Waals surface area contributed by atoms with Gasteiger partial charge in [0.1, 0.15) is 5.75 Å². The maximum absolute atomic E-state index is 12.0. The maximum atomic E-state index is 12.0. The lowest BCUT2D eigenvalue weighted by Gasteiger charge is -2.17. The summed E-state index contributed by atoms with van der Waals surface area (Å²) in [6.07, 6.45) is 0. The molecule has 0 radical (unpaired) electrons. The highest BCUT2D eigenvalue weighted by molar-refractivity contribution is 6.35. The molecule has 23 heavy (non-hydrogen) atoms. The molecule has 0 heterocycles. The molecule has 0 bridgehead atoms. The van der Waals surface area contributed by atoms with Crippen LogP contribution in [0.5, 0.6) is 5.75 Å². The molecule has 0 aliphatic rings. The average Bonchev–Trinajstić information content (AvgIpc) is 2.53. The zero-order valence-electron chi connectivity index (χ0n) is 12.9. The van der Waals surface area contributed by atoms with Gasteiger partial charge in [0.2, 0.25) is 0 Å². The van der Waals surface area contributed by atoms with Gasteiger partial charge in [0.25, 0.3) is 0 Å². The zero-order valence-corrected chi connectivity index (χ0v) is 14.4. The van der Waals surface area contributed by atoms with Gasteiger partial charge in [-0.15, -0.1) is 0 Å². The Morgan fingerprint density at radius 3 is 2.65 bits per heavy atom. The molecule has 0 aliphatic carbocycles. The van der Waals surface area contributed by atoms with E-state index in [4.69, 9.17) is 27.9 Å². The van der Waals surface area contributed by atoms with Crippen molar-refractivity contribution in [2.75, 3.05) is 7.11 Å². The first-order valence-corrected chi connectivity index (χ1v) is 7.88. The number of halogens is 2. The van der Waals surface area contributed by atoms with E-state index in [2.05, 4.69) is 10.6 Å². The molecule has 4 nitrogen and oxygen atoms in total. The van der Waals surface area contributed by atoms with Crippen molar-refractivity contribution in [2.45, 2.75) is 19.5 Å². The van der Waals surface area contributed by atoms with E-state index in [0.717, 1.165) is 16.9 Å². The van der Waals surface area contributed by atoms with Crippen molar-refractivity contribution in [3.05, 3.63) is 63.6 Å². The molecule has 0 aromatic heterocycles. The van der Waals surface area contributed by atoms with Crippen LogP contribution in [0.2, 0.25) is 10.0 Å². The molecule has 1 atom stereocenters. The van der Waals surface area contributed by atoms with Gasteiger partial charge in [0.15, 0.2) is 0 Å². The first kappa shape index (κ1) is 17.4. The van der Waals surface area contributed by atoms with Gasteiger partial charge in [0, 0.05) is 22.2 Å². The van der Waals surface area contributed by atoms with E-state index in [0.29, 0.717) is 16.6 Å². The van der Waals surface area contributed by atoms with E-state index in [-0.39, 0.29) is 12.1 Å². The predicted molar refractivity (Wildman–Crippen MR) is 93.2 cm³/mol. The van der Waals surface area contributed by atoms with Crippen LogP contribution in [-0.2, 0) is 6.54 Å². The SMILES string of the molecule is COc1ccccc1CNC(=O)N[C@@H](C)c1ccc(Cl)cc1Cl. The van der Waals surface area contributed by atoms with Gasteiger partial charge < -0.3 is 15.4 Å². The van der Waals surface area contributed by atoms with Crippen molar-refractivity contribution >= 4 is 29.2 Å². The molecule has 122 valence electrons. The fourth-order valence-electron chi connectivity index (χ4n) is 2.20. The molecule has 0 aliphatic heterocycles. The van der Waals surface area contributed by atoms with Crippen molar-refractivity contribution in [2.24, 2.45) is 0 Å². The van der Waals surface area contributed by atoms with Gasteiger partial charge in [-0.25, -0.2) is 4.79 Å². The number of rotatable bonds is 5. The minimum atomic E-state index is -0.283. The Balaban J connectivity index is 1.94. The van der Waals surface area contributed by atoms with Crippen molar-refractivity contribution in [1.82, 2.24) is 10.6 Å². The third-order valence-corrected chi connectivity index (χ3v) is 3.97. The summed E-state index contributed by atoms with van der Waals surface area (Å²) < 4.78 is 5.25. The smallest absolute Gasteiger partial charge is 0.315 e. The van der Waals surface area contributed by atoms with Gasteiger partial charge >= 0.3 is 6.03 Å². The first-order valence-electron chi connectivity index (χ1n) is 7.12. The first-order chi connectivity index (χ1) is 11.0. The molecular formula is C17H18Cl2N2O2. The molecule has 2 rings (SSSR count). The fraction of sp³-hybridized carbons (Fsp3) is 0.235. The average molecular weight is 353 g/mol. The lowest BCUT2D eigenvalue weighted by atomic mass is 10.1. The van der Waals surface area contributed by atoms with Gasteiger partial charge in [-0.3, -0.25) is 0 Å². The third-order valence-electron chi connectivity index (χ3n) is 3.41. The van der Waals surface area contributed by atoms with Gasteiger partial charge in [-0.05, 0) is 30.7 Å². The minimum absolute atomic E-state index is 0.238. The van der Waals surface area contributed by atoms with Crippen molar-refractivity contribution in [3.8, 4) is 5.75 Å². The fourth-order valence-corrected chi connectivity index (χ4v) is 2.77. The number of para-hydroxylation sites is 1. The van der Waals surface area contributed by atoms with Crippen LogP contribution >= 0.6 is 23.2 Å². The van der Waals surface area contributed by atoms with Crippen LogP contribution in [0, 0.1) is 0 Å². The molecule has 0 unspecified atom stereocenters. The summed E-state index contributed by atoms with van der Waals surface area (Å²) in [7, 11) is 1.60. The number of carbonyl (C=O) groups is 1. The standard InChI is InChI=1S/C17H18Cl2N2O2/c1-11(14-8-7-13(18)9-15(14)19)21-17(22)20-10-12-5-3-4-6-16(12)23-2/h3-9,11H,10H2,1-2H3,(H2,20,21,22)/t11-/m0/s1. The minimum Gasteiger partial charge on any atom is -0.496 e. The van der Waals surface area contributed by atoms with E-state index in [9.17, 15) is 4.79 Å². The Labute approximate surface area is 145 Å². The van der Waals surface area contributed by atoms with Crippen LogP contribution in [0.3, 0.4) is 0 Å². The Kier molecular flexibility index (Phi) is 6.13. The van der Waals surface area contributed by atoms with Crippen molar-refractivity contribution < 1.29 is 9.53 Å². The number of nitrogens with one attached hydrogen (secondary N) is 2. The summed E-state index contributed by atoms with van der Waals surface area (Å²) in [5.74, 6) is 0.738. The van der Waals surface area contributed by atoms with Gasteiger partial charge in [-0.1, -0.05) is 47.5 Å². The summed E-state index contributed by atoms with van der Waals surface area (Å²) in [5, 5.41) is 6.74. The van der Waals surface area contributed by atoms with Gasteiger partial charge in [0.05, 0.1) is 13.2 Å². The predicted octanol–water partition coefficient (Wildman–Crippen LogP) is 4.56. The number of ether oxygens (including phenoxy) is 1. The summed E-state index contributed by atoms with van der Waals surface area (Å²) >= 11 is 12.0. The number of urea groups is 1. The van der Waals surface area contributed by atoms with Crippen molar-refractivity contribution in [1.29, 1.82) is 0 Å². The highest BCUT2D eigenvalue weighted by Crippen LogP contribution is 2.26. The molecule has 6 heteroatoms. The van der Waals surface area contributed by atoms with E-state index in [1.807, 2.05) is 31.2 Å².